The van der Waals surface area contributed by atoms with E-state index in [1.807, 2.05) is 0 Å². The molecule has 0 aromatic heterocycles. The summed E-state index contributed by atoms with van der Waals surface area (Å²) < 4.78 is 0. The highest BCUT2D eigenvalue weighted by Crippen LogP contribution is 2.46. The average Bonchev–Trinajstić information content (AvgIpc) is 2.13. The van der Waals surface area contributed by atoms with Gasteiger partial charge in [0.1, 0.15) is 0 Å². The molecular formula is C10H16Cl2N2. The summed E-state index contributed by atoms with van der Waals surface area (Å²) in [7, 11) is 4.36. The lowest BCUT2D eigenvalue weighted by atomic mass is 9.73. The summed E-state index contributed by atoms with van der Waals surface area (Å²) in [4.78, 5) is 4.82. The Morgan fingerprint density at radius 2 is 1.07 bits per heavy atom. The van der Waals surface area contributed by atoms with E-state index in [1.54, 1.807) is 0 Å². The van der Waals surface area contributed by atoms with Gasteiger partial charge in [0.25, 0.3) is 0 Å². The SMILES string of the molecule is CN1C2CC3C(Cl)C1CC(C2Cl)N3C. The van der Waals surface area contributed by atoms with Crippen molar-refractivity contribution in [2.45, 2.75) is 47.8 Å². The molecule has 4 rings (SSSR count). The van der Waals surface area contributed by atoms with Crippen molar-refractivity contribution in [1.29, 1.82) is 0 Å². The smallest absolute Gasteiger partial charge is 0.0647 e. The Morgan fingerprint density at radius 3 is 1.36 bits per heavy atom. The molecule has 2 nitrogen and oxygen atoms in total. The van der Waals surface area contributed by atoms with Crippen LogP contribution in [0.2, 0.25) is 0 Å². The predicted octanol–water partition coefficient (Wildman–Crippen LogP) is 1.36. The van der Waals surface area contributed by atoms with Gasteiger partial charge in [-0.25, -0.2) is 0 Å². The highest BCUT2D eigenvalue weighted by atomic mass is 35.5. The van der Waals surface area contributed by atoms with Crippen LogP contribution in [0.25, 0.3) is 0 Å². The summed E-state index contributed by atoms with van der Waals surface area (Å²) in [5, 5.41) is 0.586. The number of hydrogen-bond donors (Lipinski definition) is 0. The molecule has 0 radical (unpaired) electrons. The molecule has 4 unspecified atom stereocenters. The van der Waals surface area contributed by atoms with Crippen molar-refractivity contribution in [3.05, 3.63) is 0 Å². The Labute approximate surface area is 95.1 Å². The van der Waals surface area contributed by atoms with Crippen molar-refractivity contribution in [2.75, 3.05) is 14.1 Å². The minimum absolute atomic E-state index is 0.293. The molecule has 4 fully saturated rings. The first-order valence-corrected chi connectivity index (χ1v) is 6.20. The normalized spacial score (nSPS) is 58.3. The minimum atomic E-state index is 0.293. The Kier molecular flexibility index (Phi) is 2.08. The molecule has 0 aromatic carbocycles. The van der Waals surface area contributed by atoms with Gasteiger partial charge in [0.15, 0.2) is 0 Å². The quantitative estimate of drug-likeness (QED) is 0.585. The maximum atomic E-state index is 6.48. The van der Waals surface area contributed by atoms with Gasteiger partial charge in [0, 0.05) is 24.2 Å². The van der Waals surface area contributed by atoms with E-state index >= 15 is 0 Å². The van der Waals surface area contributed by atoms with Crippen molar-refractivity contribution in [1.82, 2.24) is 9.80 Å². The van der Waals surface area contributed by atoms with E-state index in [4.69, 9.17) is 23.2 Å². The topological polar surface area (TPSA) is 6.48 Å². The Morgan fingerprint density at radius 1 is 0.786 bits per heavy atom. The molecule has 4 heterocycles. The van der Waals surface area contributed by atoms with Crippen molar-refractivity contribution in [3.8, 4) is 0 Å². The van der Waals surface area contributed by atoms with Gasteiger partial charge >= 0.3 is 0 Å². The summed E-state index contributed by atoms with van der Waals surface area (Å²) in [5.41, 5.74) is 0. The van der Waals surface area contributed by atoms with Gasteiger partial charge in [0.2, 0.25) is 0 Å². The maximum absolute atomic E-state index is 6.48. The van der Waals surface area contributed by atoms with Crippen LogP contribution in [0.4, 0.5) is 0 Å². The standard InChI is InChI=1S/C10H16Cl2N2/c1-13-5-3-7-10(12)6(13)4-8(9(5)11)14(7)2/h5-10H,3-4H2,1-2H3. The molecule has 0 aliphatic carbocycles. The lowest BCUT2D eigenvalue weighted by molar-refractivity contribution is -0.0774. The lowest BCUT2D eigenvalue weighted by Crippen LogP contribution is -2.75. The first-order valence-electron chi connectivity index (χ1n) is 5.33. The minimum Gasteiger partial charge on any atom is -0.297 e. The molecule has 4 aliphatic rings. The van der Waals surface area contributed by atoms with E-state index in [0.717, 1.165) is 12.8 Å². The number of rotatable bonds is 0. The van der Waals surface area contributed by atoms with Crippen LogP contribution in [0.1, 0.15) is 12.8 Å². The molecule has 0 saturated carbocycles. The first kappa shape index (κ1) is 9.71. The third-order valence-corrected chi connectivity index (χ3v) is 5.69. The molecule has 4 atom stereocenters. The molecule has 4 aliphatic heterocycles. The fourth-order valence-corrected chi connectivity index (χ4v) is 4.71. The van der Waals surface area contributed by atoms with Gasteiger partial charge in [-0.2, -0.15) is 0 Å². The van der Waals surface area contributed by atoms with Crippen molar-refractivity contribution >= 4 is 23.2 Å². The van der Waals surface area contributed by atoms with Crippen LogP contribution < -0.4 is 0 Å². The number of halogens is 2. The number of alkyl halides is 2. The fourth-order valence-electron chi connectivity index (χ4n) is 3.58. The van der Waals surface area contributed by atoms with Crippen molar-refractivity contribution in [3.63, 3.8) is 0 Å². The predicted molar refractivity (Wildman–Crippen MR) is 59.2 cm³/mol. The lowest BCUT2D eigenvalue weighted by Gasteiger charge is -2.63. The van der Waals surface area contributed by atoms with Crippen LogP contribution >= 0.6 is 23.2 Å². The molecule has 4 bridgehead atoms. The van der Waals surface area contributed by atoms with Gasteiger partial charge < -0.3 is 0 Å². The highest BCUT2D eigenvalue weighted by Gasteiger charge is 2.57. The molecule has 0 spiro atoms. The van der Waals surface area contributed by atoms with Crippen molar-refractivity contribution in [2.24, 2.45) is 0 Å². The molecule has 4 saturated heterocycles. The number of piperidine rings is 4. The van der Waals surface area contributed by atoms with Crippen LogP contribution in [-0.4, -0.2) is 58.8 Å². The summed E-state index contributed by atoms with van der Waals surface area (Å²) in [6.45, 7) is 0. The van der Waals surface area contributed by atoms with Gasteiger partial charge in [-0.1, -0.05) is 0 Å². The van der Waals surface area contributed by atoms with E-state index in [2.05, 4.69) is 23.9 Å². The third kappa shape index (κ3) is 1.01. The van der Waals surface area contributed by atoms with Crippen LogP contribution in [0.5, 0.6) is 0 Å². The van der Waals surface area contributed by atoms with E-state index in [9.17, 15) is 0 Å². The van der Waals surface area contributed by atoms with Crippen molar-refractivity contribution < 1.29 is 0 Å². The molecule has 4 heteroatoms. The summed E-state index contributed by atoms with van der Waals surface area (Å²) in [5.74, 6) is 0. The molecule has 0 amide bonds. The zero-order valence-electron chi connectivity index (χ0n) is 8.53. The number of nitrogens with zero attached hydrogens (tertiary/aromatic N) is 2. The molecule has 0 aromatic rings. The summed E-state index contributed by atoms with van der Waals surface area (Å²) >= 11 is 13.0. The third-order valence-electron chi connectivity index (χ3n) is 4.53. The second-order valence-electron chi connectivity index (χ2n) is 4.96. The molecule has 0 N–H and O–H groups in total. The molecule has 14 heavy (non-hydrogen) atoms. The van der Waals surface area contributed by atoms with Gasteiger partial charge in [-0.3, -0.25) is 9.80 Å². The van der Waals surface area contributed by atoms with Gasteiger partial charge in [-0.05, 0) is 26.9 Å². The average molecular weight is 235 g/mol. The van der Waals surface area contributed by atoms with Crippen LogP contribution in [-0.2, 0) is 0 Å². The monoisotopic (exact) mass is 234 g/mol. The Bertz CT molecular complexity index is 195. The van der Waals surface area contributed by atoms with Gasteiger partial charge in [-0.15, -0.1) is 23.2 Å². The van der Waals surface area contributed by atoms with E-state index < -0.39 is 0 Å². The summed E-state index contributed by atoms with van der Waals surface area (Å²) in [6, 6.07) is 2.21. The van der Waals surface area contributed by atoms with Gasteiger partial charge in [0.05, 0.1) is 10.8 Å². The largest absolute Gasteiger partial charge is 0.297 e. The van der Waals surface area contributed by atoms with E-state index in [1.165, 1.54) is 0 Å². The Balaban J connectivity index is 1.98. The van der Waals surface area contributed by atoms with Crippen LogP contribution in [0.3, 0.4) is 0 Å². The molecule has 80 valence electrons. The second-order valence-corrected chi connectivity index (χ2v) is 5.97. The maximum Gasteiger partial charge on any atom is 0.0647 e. The van der Waals surface area contributed by atoms with Crippen LogP contribution in [0, 0.1) is 0 Å². The van der Waals surface area contributed by atoms with E-state index in [0.29, 0.717) is 34.9 Å². The number of hydrogen-bond acceptors (Lipinski definition) is 2. The highest BCUT2D eigenvalue weighted by molar-refractivity contribution is 6.23. The summed E-state index contributed by atoms with van der Waals surface area (Å²) in [6.07, 6.45) is 2.28. The van der Waals surface area contributed by atoms with E-state index in [-0.39, 0.29) is 0 Å². The Hall–Kier alpha value is 0.500. The fraction of sp³-hybridized carbons (Fsp3) is 1.00. The zero-order chi connectivity index (χ0) is 10.0. The first-order chi connectivity index (χ1) is 6.61. The second kappa shape index (κ2) is 3.00. The van der Waals surface area contributed by atoms with Crippen LogP contribution in [0.15, 0.2) is 0 Å². The zero-order valence-corrected chi connectivity index (χ0v) is 10.0. The molecular weight excluding hydrogens is 219 g/mol.